The van der Waals surface area contributed by atoms with E-state index in [1.165, 1.54) is 24.0 Å². The summed E-state index contributed by atoms with van der Waals surface area (Å²) in [5.74, 6) is 1.16. The van der Waals surface area contributed by atoms with E-state index in [1.54, 1.807) is 0 Å². The zero-order valence-corrected chi connectivity index (χ0v) is 17.2. The fraction of sp³-hybridized carbons (Fsp3) is 0.458. The number of nitrogens with one attached hydrogen (secondary N) is 2. The lowest BCUT2D eigenvalue weighted by Gasteiger charge is -2.22. The summed E-state index contributed by atoms with van der Waals surface area (Å²) in [4.78, 5) is 4.44. The Bertz CT molecular complexity index is 687. The lowest BCUT2D eigenvalue weighted by Crippen LogP contribution is -2.42. The van der Waals surface area contributed by atoms with Gasteiger partial charge in [-0.1, -0.05) is 60.7 Å². The van der Waals surface area contributed by atoms with Gasteiger partial charge in [-0.3, -0.25) is 4.99 Å². The van der Waals surface area contributed by atoms with Crippen LogP contribution in [0.2, 0.25) is 0 Å². The molecule has 28 heavy (non-hydrogen) atoms. The first-order valence-corrected chi connectivity index (χ1v) is 10.4. The van der Waals surface area contributed by atoms with E-state index in [0.29, 0.717) is 5.41 Å². The van der Waals surface area contributed by atoms with Gasteiger partial charge in [0.15, 0.2) is 5.96 Å². The Balaban J connectivity index is 1.57. The topological polar surface area (TPSA) is 45.6 Å². The molecular formula is C24H33N3O. The lowest BCUT2D eigenvalue weighted by molar-refractivity contribution is 0.128. The Labute approximate surface area is 169 Å². The summed E-state index contributed by atoms with van der Waals surface area (Å²) in [6, 6.07) is 21.3. The summed E-state index contributed by atoms with van der Waals surface area (Å²) in [7, 11) is 1.84. The largest absolute Gasteiger partial charge is 0.382 e. The number of guanidine groups is 1. The summed E-state index contributed by atoms with van der Waals surface area (Å²) in [5, 5.41) is 7.08. The van der Waals surface area contributed by atoms with Crippen LogP contribution in [0, 0.1) is 5.41 Å². The van der Waals surface area contributed by atoms with E-state index in [4.69, 9.17) is 4.74 Å². The highest BCUT2D eigenvalue weighted by molar-refractivity contribution is 5.79. The van der Waals surface area contributed by atoms with Crippen molar-refractivity contribution in [2.24, 2.45) is 10.4 Å². The van der Waals surface area contributed by atoms with Crippen LogP contribution in [0.5, 0.6) is 0 Å². The molecule has 0 bridgehead atoms. The monoisotopic (exact) mass is 379 g/mol. The van der Waals surface area contributed by atoms with Crippen LogP contribution in [-0.4, -0.2) is 39.3 Å². The quantitative estimate of drug-likeness (QED) is 0.370. The van der Waals surface area contributed by atoms with Crippen LogP contribution in [0.4, 0.5) is 0 Å². The summed E-state index contributed by atoms with van der Waals surface area (Å²) in [5.41, 5.74) is 3.02. The van der Waals surface area contributed by atoms with Gasteiger partial charge in [-0.25, -0.2) is 0 Å². The highest BCUT2D eigenvalue weighted by atomic mass is 16.5. The van der Waals surface area contributed by atoms with Crippen molar-refractivity contribution in [3.8, 4) is 0 Å². The molecule has 0 amide bonds. The van der Waals surface area contributed by atoms with Crippen molar-refractivity contribution in [2.75, 3.05) is 33.4 Å². The van der Waals surface area contributed by atoms with Gasteiger partial charge in [0.2, 0.25) is 0 Å². The Morgan fingerprint density at radius 2 is 1.61 bits per heavy atom. The van der Waals surface area contributed by atoms with Crippen molar-refractivity contribution < 1.29 is 4.74 Å². The summed E-state index contributed by atoms with van der Waals surface area (Å²) in [6.07, 6.45) is 3.68. The molecule has 1 fully saturated rings. The van der Waals surface area contributed by atoms with Gasteiger partial charge in [-0.2, -0.15) is 0 Å². The summed E-state index contributed by atoms with van der Waals surface area (Å²) in [6.45, 7) is 5.47. The van der Waals surface area contributed by atoms with Crippen molar-refractivity contribution in [2.45, 2.75) is 32.1 Å². The van der Waals surface area contributed by atoms with Crippen molar-refractivity contribution in [1.29, 1.82) is 0 Å². The van der Waals surface area contributed by atoms with Crippen LogP contribution in [0.1, 0.15) is 43.2 Å². The predicted molar refractivity (Wildman–Crippen MR) is 117 cm³/mol. The zero-order chi connectivity index (χ0) is 19.7. The van der Waals surface area contributed by atoms with Gasteiger partial charge < -0.3 is 15.4 Å². The second kappa shape index (κ2) is 10.3. The third-order valence-corrected chi connectivity index (χ3v) is 5.67. The highest BCUT2D eigenvalue weighted by Crippen LogP contribution is 2.48. The zero-order valence-electron chi connectivity index (χ0n) is 17.2. The molecule has 1 saturated carbocycles. The van der Waals surface area contributed by atoms with Gasteiger partial charge in [-0.15, -0.1) is 0 Å². The lowest BCUT2D eigenvalue weighted by atomic mass is 9.91. The minimum atomic E-state index is 0.286. The fourth-order valence-corrected chi connectivity index (χ4v) is 3.61. The molecule has 0 atom stereocenters. The molecular weight excluding hydrogens is 346 g/mol. The maximum Gasteiger partial charge on any atom is 0.191 e. The second-order valence-electron chi connectivity index (χ2n) is 7.63. The molecule has 0 heterocycles. The van der Waals surface area contributed by atoms with E-state index in [9.17, 15) is 0 Å². The molecule has 0 unspecified atom stereocenters. The first-order chi connectivity index (χ1) is 13.8. The first-order valence-electron chi connectivity index (χ1n) is 10.4. The molecule has 2 N–H and O–H groups in total. The highest BCUT2D eigenvalue weighted by Gasteiger charge is 2.41. The predicted octanol–water partition coefficient (Wildman–Crippen LogP) is 4.19. The molecule has 0 aromatic heterocycles. The number of hydrogen-bond donors (Lipinski definition) is 2. The van der Waals surface area contributed by atoms with Gasteiger partial charge in [0.25, 0.3) is 0 Å². The molecule has 2 aromatic rings. The summed E-state index contributed by atoms with van der Waals surface area (Å²) < 4.78 is 5.55. The van der Waals surface area contributed by atoms with Crippen LogP contribution < -0.4 is 10.6 Å². The Morgan fingerprint density at radius 3 is 2.11 bits per heavy atom. The maximum absolute atomic E-state index is 5.55. The molecule has 1 aliphatic carbocycles. The molecule has 4 heteroatoms. The van der Waals surface area contributed by atoms with Gasteiger partial charge in [0.05, 0.1) is 0 Å². The summed E-state index contributed by atoms with van der Waals surface area (Å²) >= 11 is 0. The molecule has 0 radical (unpaired) electrons. The van der Waals surface area contributed by atoms with Gasteiger partial charge in [0.1, 0.15) is 0 Å². The van der Waals surface area contributed by atoms with E-state index in [-0.39, 0.29) is 5.92 Å². The number of rotatable bonds is 10. The van der Waals surface area contributed by atoms with Crippen molar-refractivity contribution >= 4 is 5.96 Å². The Kier molecular flexibility index (Phi) is 7.49. The van der Waals surface area contributed by atoms with Crippen LogP contribution in [-0.2, 0) is 4.74 Å². The smallest absolute Gasteiger partial charge is 0.191 e. The van der Waals surface area contributed by atoms with Gasteiger partial charge in [-0.05, 0) is 42.7 Å². The molecule has 0 aliphatic heterocycles. The van der Waals surface area contributed by atoms with E-state index in [0.717, 1.165) is 38.7 Å². The van der Waals surface area contributed by atoms with E-state index in [2.05, 4.69) is 83.2 Å². The SMILES string of the molecule is CCOCCC1(CNC(=NC)NCC(c2ccccc2)c2ccccc2)CC1. The van der Waals surface area contributed by atoms with E-state index >= 15 is 0 Å². The Morgan fingerprint density at radius 1 is 1.00 bits per heavy atom. The minimum absolute atomic E-state index is 0.286. The number of benzene rings is 2. The number of hydrogen-bond acceptors (Lipinski definition) is 2. The van der Waals surface area contributed by atoms with Crippen molar-refractivity contribution in [1.82, 2.24) is 10.6 Å². The minimum Gasteiger partial charge on any atom is -0.382 e. The third-order valence-electron chi connectivity index (χ3n) is 5.67. The van der Waals surface area contributed by atoms with Crippen LogP contribution >= 0.6 is 0 Å². The van der Waals surface area contributed by atoms with Crippen LogP contribution in [0.25, 0.3) is 0 Å². The molecule has 4 nitrogen and oxygen atoms in total. The van der Waals surface area contributed by atoms with Gasteiger partial charge in [0, 0.05) is 39.3 Å². The molecule has 2 aromatic carbocycles. The fourth-order valence-electron chi connectivity index (χ4n) is 3.61. The normalized spacial score (nSPS) is 15.5. The van der Waals surface area contributed by atoms with Crippen LogP contribution in [0.15, 0.2) is 65.7 Å². The van der Waals surface area contributed by atoms with E-state index < -0.39 is 0 Å². The standard InChI is InChI=1S/C24H33N3O/c1-3-28-17-16-24(14-15-24)19-27-23(25-2)26-18-22(20-10-6-4-7-11-20)21-12-8-5-9-13-21/h4-13,22H,3,14-19H2,1-2H3,(H2,25,26,27). The average Bonchev–Trinajstić information content (AvgIpc) is 3.52. The number of nitrogens with zero attached hydrogens (tertiary/aromatic N) is 1. The molecule has 150 valence electrons. The molecule has 0 spiro atoms. The third kappa shape index (κ3) is 5.83. The van der Waals surface area contributed by atoms with E-state index in [1.807, 2.05) is 7.05 Å². The van der Waals surface area contributed by atoms with Gasteiger partial charge >= 0.3 is 0 Å². The second-order valence-corrected chi connectivity index (χ2v) is 7.63. The number of ether oxygens (including phenoxy) is 1. The molecule has 0 saturated heterocycles. The number of aliphatic imine (C=N–C) groups is 1. The molecule has 3 rings (SSSR count). The van der Waals surface area contributed by atoms with Crippen LogP contribution in [0.3, 0.4) is 0 Å². The van der Waals surface area contributed by atoms with Crippen molar-refractivity contribution in [3.05, 3.63) is 71.8 Å². The first kappa shape index (κ1) is 20.4. The maximum atomic E-state index is 5.55. The average molecular weight is 380 g/mol. The Hall–Kier alpha value is -2.33. The van der Waals surface area contributed by atoms with Crippen molar-refractivity contribution in [3.63, 3.8) is 0 Å². The molecule has 1 aliphatic rings.